The minimum atomic E-state index is -0.462. The van der Waals surface area contributed by atoms with Crippen molar-refractivity contribution in [1.29, 1.82) is 0 Å². The van der Waals surface area contributed by atoms with Crippen LogP contribution in [0.5, 0.6) is 0 Å². The molecule has 0 fully saturated rings. The Morgan fingerprint density at radius 1 is 1.24 bits per heavy atom. The second-order valence-electron chi connectivity index (χ2n) is 3.55. The average molecular weight is 249 g/mol. The van der Waals surface area contributed by atoms with E-state index in [9.17, 15) is 4.39 Å². The van der Waals surface area contributed by atoms with Crippen LogP contribution in [0, 0.1) is 5.82 Å². The smallest absolute Gasteiger partial charge is 0.147 e. The summed E-state index contributed by atoms with van der Waals surface area (Å²) in [6.07, 6.45) is 1.15. The van der Waals surface area contributed by atoms with Crippen molar-refractivity contribution < 1.29 is 9.50 Å². The first-order chi connectivity index (χ1) is 8.29. The van der Waals surface area contributed by atoms with Crippen molar-refractivity contribution in [2.75, 3.05) is 0 Å². The highest BCUT2D eigenvalue weighted by Crippen LogP contribution is 2.22. The summed E-state index contributed by atoms with van der Waals surface area (Å²) in [7, 11) is 0. The van der Waals surface area contributed by atoms with Gasteiger partial charge in [0.25, 0.3) is 0 Å². The number of aliphatic hydroxyl groups excluding tert-OH is 1. The van der Waals surface area contributed by atoms with E-state index in [0.29, 0.717) is 0 Å². The average Bonchev–Trinajstić information content (AvgIpc) is 2.39. The van der Waals surface area contributed by atoms with Crippen molar-refractivity contribution in [1.82, 2.24) is 4.98 Å². The molecule has 1 heterocycles. The van der Waals surface area contributed by atoms with Crippen molar-refractivity contribution >= 4 is 11.8 Å². The number of rotatable bonds is 4. The molecule has 0 unspecified atom stereocenters. The predicted octanol–water partition coefficient (Wildman–Crippen LogP) is 3.01. The van der Waals surface area contributed by atoms with Crippen molar-refractivity contribution in [3.63, 3.8) is 0 Å². The Labute approximate surface area is 104 Å². The van der Waals surface area contributed by atoms with E-state index in [2.05, 4.69) is 4.98 Å². The van der Waals surface area contributed by atoms with Gasteiger partial charge in [0.05, 0.1) is 17.8 Å². The van der Waals surface area contributed by atoms with Crippen LogP contribution in [0.15, 0.2) is 47.6 Å². The molecule has 0 spiro atoms. The van der Waals surface area contributed by atoms with E-state index in [1.165, 1.54) is 17.3 Å². The van der Waals surface area contributed by atoms with E-state index in [0.717, 1.165) is 17.0 Å². The molecular weight excluding hydrogens is 237 g/mol. The monoisotopic (exact) mass is 249 g/mol. The van der Waals surface area contributed by atoms with Crippen molar-refractivity contribution in [2.45, 2.75) is 17.4 Å². The molecule has 0 aliphatic rings. The molecule has 0 amide bonds. The van der Waals surface area contributed by atoms with Crippen molar-refractivity contribution in [3.05, 3.63) is 59.5 Å². The Kier molecular flexibility index (Phi) is 4.12. The number of aromatic nitrogens is 1. The Morgan fingerprint density at radius 3 is 2.71 bits per heavy atom. The van der Waals surface area contributed by atoms with Gasteiger partial charge in [0.2, 0.25) is 0 Å². The van der Waals surface area contributed by atoms with Gasteiger partial charge in [-0.3, -0.25) is 0 Å². The first-order valence-corrected chi connectivity index (χ1v) is 6.20. The lowest BCUT2D eigenvalue weighted by atomic mass is 10.2. The topological polar surface area (TPSA) is 33.1 Å². The molecule has 88 valence electrons. The largest absolute Gasteiger partial charge is 0.392 e. The number of pyridine rings is 1. The number of hydrogen-bond donors (Lipinski definition) is 1. The Balaban J connectivity index is 2.04. The zero-order valence-corrected chi connectivity index (χ0v) is 9.95. The number of hydrogen-bond acceptors (Lipinski definition) is 3. The molecule has 1 N–H and O–H groups in total. The van der Waals surface area contributed by atoms with Crippen molar-refractivity contribution in [2.24, 2.45) is 0 Å². The number of nitrogens with zero attached hydrogens (tertiary/aromatic N) is 1. The van der Waals surface area contributed by atoms with Crippen LogP contribution in [-0.2, 0) is 12.4 Å². The summed E-state index contributed by atoms with van der Waals surface area (Å²) in [5.74, 6) is 0.321. The number of benzene rings is 1. The van der Waals surface area contributed by atoms with Gasteiger partial charge in [-0.2, -0.15) is 0 Å². The van der Waals surface area contributed by atoms with Gasteiger partial charge < -0.3 is 5.11 Å². The summed E-state index contributed by atoms with van der Waals surface area (Å²) in [6.45, 7) is -0.298. The van der Waals surface area contributed by atoms with Crippen LogP contribution in [0.1, 0.15) is 11.1 Å². The second-order valence-corrected chi connectivity index (χ2v) is 4.54. The van der Waals surface area contributed by atoms with E-state index in [1.54, 1.807) is 6.07 Å². The van der Waals surface area contributed by atoms with Crippen LogP contribution in [0.4, 0.5) is 4.39 Å². The standard InChI is InChI=1S/C13H12FNOS/c14-12-7-15-13(6-11(12)8-16)17-9-10-4-2-1-3-5-10/h1-7,16H,8-9H2. The molecule has 0 radical (unpaired) electrons. The van der Waals surface area contributed by atoms with Crippen LogP contribution < -0.4 is 0 Å². The molecule has 2 rings (SSSR count). The van der Waals surface area contributed by atoms with E-state index in [1.807, 2.05) is 30.3 Å². The fourth-order valence-corrected chi connectivity index (χ4v) is 2.25. The summed E-state index contributed by atoms with van der Waals surface area (Å²) >= 11 is 1.52. The lowest BCUT2D eigenvalue weighted by molar-refractivity contribution is 0.275. The summed E-state index contributed by atoms with van der Waals surface area (Å²) in [6, 6.07) is 11.6. The van der Waals surface area contributed by atoms with Crippen LogP contribution in [0.3, 0.4) is 0 Å². The van der Waals surface area contributed by atoms with Gasteiger partial charge in [-0.15, -0.1) is 11.8 Å². The van der Waals surface area contributed by atoms with E-state index >= 15 is 0 Å². The number of aliphatic hydroxyl groups is 1. The second kappa shape index (κ2) is 5.80. The maximum absolute atomic E-state index is 13.1. The molecule has 0 saturated heterocycles. The molecule has 0 bridgehead atoms. The molecular formula is C13H12FNOS. The maximum atomic E-state index is 13.1. The lowest BCUT2D eigenvalue weighted by Gasteiger charge is -2.03. The van der Waals surface area contributed by atoms with Gasteiger partial charge in [0, 0.05) is 11.3 Å². The Morgan fingerprint density at radius 2 is 2.00 bits per heavy atom. The fourth-order valence-electron chi connectivity index (χ4n) is 1.39. The summed E-state index contributed by atoms with van der Waals surface area (Å²) < 4.78 is 13.1. The molecule has 17 heavy (non-hydrogen) atoms. The van der Waals surface area contributed by atoms with Crippen LogP contribution in [0.25, 0.3) is 0 Å². The highest BCUT2D eigenvalue weighted by atomic mass is 32.2. The third kappa shape index (κ3) is 3.28. The molecule has 1 aromatic heterocycles. The molecule has 4 heteroatoms. The Hall–Kier alpha value is -1.39. The SMILES string of the molecule is OCc1cc(SCc2ccccc2)ncc1F. The van der Waals surface area contributed by atoms with E-state index < -0.39 is 5.82 Å². The van der Waals surface area contributed by atoms with Crippen LogP contribution >= 0.6 is 11.8 Å². The summed E-state index contributed by atoms with van der Waals surface area (Å²) in [5, 5.41) is 9.67. The molecule has 0 aliphatic heterocycles. The molecule has 2 nitrogen and oxygen atoms in total. The zero-order chi connectivity index (χ0) is 12.1. The molecule has 2 aromatic rings. The van der Waals surface area contributed by atoms with E-state index in [-0.39, 0.29) is 12.2 Å². The minimum Gasteiger partial charge on any atom is -0.392 e. The zero-order valence-electron chi connectivity index (χ0n) is 9.14. The minimum absolute atomic E-state index is 0.288. The maximum Gasteiger partial charge on any atom is 0.147 e. The fraction of sp³-hybridized carbons (Fsp3) is 0.154. The van der Waals surface area contributed by atoms with Crippen molar-refractivity contribution in [3.8, 4) is 0 Å². The van der Waals surface area contributed by atoms with Gasteiger partial charge in [-0.1, -0.05) is 30.3 Å². The first-order valence-electron chi connectivity index (χ1n) is 5.21. The van der Waals surface area contributed by atoms with Crippen LogP contribution in [0.2, 0.25) is 0 Å². The third-order valence-electron chi connectivity index (χ3n) is 2.31. The quantitative estimate of drug-likeness (QED) is 0.846. The van der Waals surface area contributed by atoms with Gasteiger partial charge in [0.15, 0.2) is 0 Å². The normalized spacial score (nSPS) is 10.5. The van der Waals surface area contributed by atoms with Gasteiger partial charge in [-0.05, 0) is 11.6 Å². The highest BCUT2D eigenvalue weighted by molar-refractivity contribution is 7.98. The molecule has 0 saturated carbocycles. The number of halogens is 1. The highest BCUT2D eigenvalue weighted by Gasteiger charge is 2.04. The predicted molar refractivity (Wildman–Crippen MR) is 66.1 cm³/mol. The first kappa shape index (κ1) is 12.1. The summed E-state index contributed by atoms with van der Waals surface area (Å²) in [4.78, 5) is 3.98. The molecule has 1 aromatic carbocycles. The molecule has 0 aliphatic carbocycles. The molecule has 0 atom stereocenters. The van der Waals surface area contributed by atoms with Gasteiger partial charge in [-0.25, -0.2) is 9.37 Å². The third-order valence-corrected chi connectivity index (χ3v) is 3.31. The van der Waals surface area contributed by atoms with E-state index in [4.69, 9.17) is 5.11 Å². The summed E-state index contributed by atoms with van der Waals surface area (Å²) in [5.41, 5.74) is 1.48. The Bertz CT molecular complexity index is 490. The lowest BCUT2D eigenvalue weighted by Crippen LogP contribution is -1.93. The van der Waals surface area contributed by atoms with Crippen LogP contribution in [-0.4, -0.2) is 10.1 Å². The van der Waals surface area contributed by atoms with Gasteiger partial charge in [0.1, 0.15) is 5.82 Å². The number of thioether (sulfide) groups is 1. The van der Waals surface area contributed by atoms with Gasteiger partial charge >= 0.3 is 0 Å².